The van der Waals surface area contributed by atoms with Gasteiger partial charge in [0.1, 0.15) is 17.3 Å². The van der Waals surface area contributed by atoms with Crippen LogP contribution >= 0.6 is 0 Å². The van der Waals surface area contributed by atoms with Crippen LogP contribution in [0.5, 0.6) is 0 Å². The van der Waals surface area contributed by atoms with E-state index in [4.69, 9.17) is 0 Å². The van der Waals surface area contributed by atoms with Gasteiger partial charge in [-0.25, -0.2) is 8.96 Å². The lowest BCUT2D eigenvalue weighted by Gasteiger charge is -2.31. The SMILES string of the molecule is Cc1cc(C)c(-c2c(C)n3c4c5c(cccc5c5ccc(C)cc5[n+]24)C(C)(F)C3C)c(C)c1. The number of fused-ring (bicyclic) bond motifs is 3. The highest BCUT2D eigenvalue weighted by molar-refractivity contribution is 6.11. The van der Waals surface area contributed by atoms with E-state index in [1.807, 2.05) is 19.1 Å². The zero-order chi connectivity index (χ0) is 23.4. The van der Waals surface area contributed by atoms with E-state index < -0.39 is 5.67 Å². The van der Waals surface area contributed by atoms with Crippen LogP contribution in [0.15, 0.2) is 48.5 Å². The lowest BCUT2D eigenvalue weighted by molar-refractivity contribution is -0.467. The number of alkyl halides is 1. The molecule has 2 unspecified atom stereocenters. The summed E-state index contributed by atoms with van der Waals surface area (Å²) in [4.78, 5) is 0. The maximum Gasteiger partial charge on any atom is 0.296 e. The van der Waals surface area contributed by atoms with Crippen LogP contribution in [0.2, 0.25) is 0 Å². The average Bonchev–Trinajstić information content (AvgIpc) is 3.04. The van der Waals surface area contributed by atoms with Crippen LogP contribution in [-0.4, -0.2) is 4.57 Å². The summed E-state index contributed by atoms with van der Waals surface area (Å²) in [5.41, 5.74) is 10.2. The summed E-state index contributed by atoms with van der Waals surface area (Å²) in [6.45, 7) is 14.6. The highest BCUT2D eigenvalue weighted by Gasteiger charge is 2.47. The first-order chi connectivity index (χ1) is 15.6. The highest BCUT2D eigenvalue weighted by atomic mass is 19.1. The monoisotopic (exact) mass is 437 g/mol. The summed E-state index contributed by atoms with van der Waals surface area (Å²) in [6, 6.07) is 17.0. The van der Waals surface area contributed by atoms with Gasteiger partial charge in [-0.1, -0.05) is 42.0 Å². The summed E-state index contributed by atoms with van der Waals surface area (Å²) < 4.78 is 21.2. The fraction of sp³-hybridized carbons (Fsp3) is 0.300. The Morgan fingerprint density at radius 3 is 2.27 bits per heavy atom. The molecule has 2 atom stereocenters. The number of halogens is 1. The van der Waals surface area contributed by atoms with Gasteiger partial charge < -0.3 is 0 Å². The van der Waals surface area contributed by atoms with Crippen molar-refractivity contribution in [3.05, 3.63) is 82.0 Å². The Kier molecular flexibility index (Phi) is 3.98. The van der Waals surface area contributed by atoms with Crippen molar-refractivity contribution < 1.29 is 8.79 Å². The van der Waals surface area contributed by atoms with E-state index in [9.17, 15) is 0 Å². The zero-order valence-corrected chi connectivity index (χ0v) is 20.5. The normalized spacial score (nSPS) is 19.9. The van der Waals surface area contributed by atoms with Gasteiger partial charge in [0.15, 0.2) is 11.4 Å². The quantitative estimate of drug-likeness (QED) is 0.190. The molecule has 0 N–H and O–H groups in total. The summed E-state index contributed by atoms with van der Waals surface area (Å²) in [7, 11) is 0. The van der Waals surface area contributed by atoms with Crippen LogP contribution in [0, 0.1) is 34.6 Å². The second kappa shape index (κ2) is 6.44. The molecule has 166 valence electrons. The Morgan fingerprint density at radius 2 is 1.58 bits per heavy atom. The molecule has 0 fully saturated rings. The first-order valence-electron chi connectivity index (χ1n) is 11.8. The van der Waals surface area contributed by atoms with Gasteiger partial charge in [-0.3, -0.25) is 0 Å². The van der Waals surface area contributed by atoms with Crippen molar-refractivity contribution in [2.24, 2.45) is 0 Å². The molecule has 0 amide bonds. The lowest BCUT2D eigenvalue weighted by atomic mass is 9.84. The van der Waals surface area contributed by atoms with Crippen LogP contribution in [0.4, 0.5) is 4.39 Å². The predicted molar refractivity (Wildman–Crippen MR) is 135 cm³/mol. The van der Waals surface area contributed by atoms with Crippen LogP contribution in [-0.2, 0) is 5.67 Å². The molecule has 1 aliphatic rings. The van der Waals surface area contributed by atoms with Crippen molar-refractivity contribution in [1.82, 2.24) is 4.57 Å². The summed E-state index contributed by atoms with van der Waals surface area (Å²) >= 11 is 0. The summed E-state index contributed by atoms with van der Waals surface area (Å²) in [5, 5.41) is 3.33. The van der Waals surface area contributed by atoms with Crippen molar-refractivity contribution in [2.75, 3.05) is 0 Å². The highest BCUT2D eigenvalue weighted by Crippen LogP contribution is 2.49. The Balaban J connectivity index is 1.98. The summed E-state index contributed by atoms with van der Waals surface area (Å²) in [6.07, 6.45) is 0. The topological polar surface area (TPSA) is 9.03 Å². The Morgan fingerprint density at radius 1 is 0.879 bits per heavy atom. The minimum Gasteiger partial charge on any atom is -0.234 e. The van der Waals surface area contributed by atoms with E-state index in [0.29, 0.717) is 0 Å². The predicted octanol–water partition coefficient (Wildman–Crippen LogP) is 7.50. The number of aromatic nitrogens is 2. The van der Waals surface area contributed by atoms with Crippen LogP contribution in [0.3, 0.4) is 0 Å². The fourth-order valence-electron chi connectivity index (χ4n) is 6.38. The standard InChI is InChI=1S/C30H30FN2/c1-16-11-12-22-23-9-8-10-24-27(23)29-32(21(6)30(24,7)31)20(5)28(33(29)25(22)15-16)26-18(3)13-17(2)14-19(26)4/h8-15,21H,1-7H3/q+1. The number of hydrogen-bond donors (Lipinski definition) is 0. The Labute approximate surface area is 194 Å². The molecule has 1 aliphatic heterocycles. The van der Waals surface area contributed by atoms with E-state index >= 15 is 4.39 Å². The molecule has 0 aliphatic carbocycles. The van der Waals surface area contributed by atoms with Gasteiger partial charge in [-0.05, 0) is 70.4 Å². The minimum atomic E-state index is -1.46. The van der Waals surface area contributed by atoms with Gasteiger partial charge >= 0.3 is 0 Å². The third-order valence-corrected chi connectivity index (χ3v) is 7.95. The molecule has 2 nitrogen and oxygen atoms in total. The molecule has 2 aromatic heterocycles. The first kappa shape index (κ1) is 20.4. The summed E-state index contributed by atoms with van der Waals surface area (Å²) in [5.74, 6) is 0. The first-order valence-corrected chi connectivity index (χ1v) is 11.8. The molecule has 0 saturated carbocycles. The van der Waals surface area contributed by atoms with E-state index in [0.717, 1.165) is 27.7 Å². The number of benzene rings is 3. The smallest absolute Gasteiger partial charge is 0.234 e. The van der Waals surface area contributed by atoms with E-state index in [2.05, 4.69) is 80.0 Å². The molecule has 3 heteroatoms. The molecule has 0 bridgehead atoms. The van der Waals surface area contributed by atoms with Crippen LogP contribution in [0.1, 0.15) is 53.4 Å². The van der Waals surface area contributed by atoms with Gasteiger partial charge in [0, 0.05) is 28.8 Å². The molecule has 0 spiro atoms. The molecule has 0 radical (unpaired) electrons. The van der Waals surface area contributed by atoms with Crippen LogP contribution in [0.25, 0.3) is 38.6 Å². The third-order valence-electron chi connectivity index (χ3n) is 7.95. The minimum absolute atomic E-state index is 0.312. The third kappa shape index (κ3) is 2.45. The lowest BCUT2D eigenvalue weighted by Crippen LogP contribution is -2.35. The van der Waals surface area contributed by atoms with Crippen molar-refractivity contribution in [2.45, 2.75) is 60.2 Å². The second-order valence-electron chi connectivity index (χ2n) is 10.2. The Bertz CT molecular complexity index is 1630. The number of hydrogen-bond acceptors (Lipinski definition) is 0. The van der Waals surface area contributed by atoms with Gasteiger partial charge in [0.25, 0.3) is 5.65 Å². The molecule has 6 rings (SSSR count). The number of rotatable bonds is 1. The largest absolute Gasteiger partial charge is 0.296 e. The number of imidazole rings is 1. The molecule has 3 heterocycles. The molecule has 3 aromatic carbocycles. The van der Waals surface area contributed by atoms with Gasteiger partial charge in [-0.2, -0.15) is 4.40 Å². The van der Waals surface area contributed by atoms with E-state index in [1.165, 1.54) is 44.4 Å². The number of nitrogens with zero attached hydrogens (tertiary/aromatic N) is 2. The van der Waals surface area contributed by atoms with E-state index in [-0.39, 0.29) is 6.04 Å². The van der Waals surface area contributed by atoms with Gasteiger partial charge in [0.05, 0.1) is 5.39 Å². The van der Waals surface area contributed by atoms with Gasteiger partial charge in [0.2, 0.25) is 0 Å². The van der Waals surface area contributed by atoms with Crippen molar-refractivity contribution in [3.8, 4) is 11.3 Å². The maximum absolute atomic E-state index is 16.5. The van der Waals surface area contributed by atoms with Crippen molar-refractivity contribution in [3.63, 3.8) is 0 Å². The second-order valence-corrected chi connectivity index (χ2v) is 10.2. The average molecular weight is 438 g/mol. The van der Waals surface area contributed by atoms with E-state index in [1.54, 1.807) is 6.92 Å². The Hall–Kier alpha value is -3.20. The van der Waals surface area contributed by atoms with Crippen molar-refractivity contribution in [1.29, 1.82) is 0 Å². The molecule has 33 heavy (non-hydrogen) atoms. The molecule has 5 aromatic rings. The number of aryl methyl sites for hydroxylation is 4. The maximum atomic E-state index is 16.5. The molecular weight excluding hydrogens is 407 g/mol. The van der Waals surface area contributed by atoms with Gasteiger partial charge in [-0.15, -0.1) is 0 Å². The molecule has 0 saturated heterocycles. The zero-order valence-electron chi connectivity index (χ0n) is 20.5. The molecular formula is C30H30FN2+. The number of pyridine rings is 1. The van der Waals surface area contributed by atoms with Crippen LogP contribution < -0.4 is 4.40 Å². The fourth-order valence-corrected chi connectivity index (χ4v) is 6.38. The van der Waals surface area contributed by atoms with Crippen molar-refractivity contribution >= 4 is 27.3 Å².